The van der Waals surface area contributed by atoms with Crippen molar-refractivity contribution < 1.29 is 23.0 Å². The van der Waals surface area contributed by atoms with E-state index in [0.717, 1.165) is 0 Å². The van der Waals surface area contributed by atoms with Crippen molar-refractivity contribution in [2.45, 2.75) is 13.2 Å². The lowest BCUT2D eigenvalue weighted by atomic mass is 10.2. The summed E-state index contributed by atoms with van der Waals surface area (Å²) in [6.07, 6.45) is 2.99. The van der Waals surface area contributed by atoms with Crippen LogP contribution < -0.4 is 14.8 Å². The van der Waals surface area contributed by atoms with E-state index in [1.807, 2.05) is 0 Å². The van der Waals surface area contributed by atoms with Crippen LogP contribution in [0.15, 0.2) is 41.1 Å². The highest BCUT2D eigenvalue weighted by Gasteiger charge is 2.12. The predicted octanol–water partition coefficient (Wildman–Crippen LogP) is 3.38. The Morgan fingerprint density at radius 1 is 1.30 bits per heavy atom. The summed E-state index contributed by atoms with van der Waals surface area (Å²) in [6.45, 7) is -2.81. The van der Waals surface area contributed by atoms with Crippen LogP contribution in [0.3, 0.4) is 0 Å². The molecule has 0 atom stereocenters. The number of nitrogens with zero attached hydrogens (tertiary/aromatic N) is 1. The van der Waals surface area contributed by atoms with Gasteiger partial charge in [0.1, 0.15) is 0 Å². The SMILES string of the molecule is COc1ccc(CNC(=O)c2cncc(Br)c2)cc1OC(F)F. The number of rotatable bonds is 6. The van der Waals surface area contributed by atoms with E-state index in [0.29, 0.717) is 15.6 Å². The lowest BCUT2D eigenvalue weighted by molar-refractivity contribution is -0.0512. The molecule has 0 saturated carbocycles. The number of carbonyl (C=O) groups is 1. The zero-order chi connectivity index (χ0) is 16.8. The van der Waals surface area contributed by atoms with Crippen LogP contribution in [0, 0.1) is 0 Å². The summed E-state index contributed by atoms with van der Waals surface area (Å²) in [6, 6.07) is 6.17. The molecule has 0 saturated heterocycles. The molecule has 8 heteroatoms. The van der Waals surface area contributed by atoms with Crippen LogP contribution in [-0.2, 0) is 6.54 Å². The fraction of sp³-hybridized carbons (Fsp3) is 0.200. The maximum atomic E-state index is 12.4. The van der Waals surface area contributed by atoms with Crippen molar-refractivity contribution in [3.8, 4) is 11.5 Å². The van der Waals surface area contributed by atoms with E-state index >= 15 is 0 Å². The smallest absolute Gasteiger partial charge is 0.387 e. The van der Waals surface area contributed by atoms with Gasteiger partial charge in [0, 0.05) is 23.4 Å². The van der Waals surface area contributed by atoms with Gasteiger partial charge in [-0.2, -0.15) is 8.78 Å². The Bertz CT molecular complexity index is 698. The molecule has 0 aliphatic rings. The fourth-order valence-electron chi connectivity index (χ4n) is 1.84. The molecule has 1 N–H and O–H groups in total. The highest BCUT2D eigenvalue weighted by atomic mass is 79.9. The molecule has 5 nitrogen and oxygen atoms in total. The molecule has 1 aromatic heterocycles. The van der Waals surface area contributed by atoms with Crippen molar-refractivity contribution in [3.63, 3.8) is 0 Å². The lowest BCUT2D eigenvalue weighted by Gasteiger charge is -2.12. The zero-order valence-corrected chi connectivity index (χ0v) is 13.6. The topological polar surface area (TPSA) is 60.5 Å². The van der Waals surface area contributed by atoms with Gasteiger partial charge in [0.15, 0.2) is 11.5 Å². The Labute approximate surface area is 139 Å². The molecule has 122 valence electrons. The zero-order valence-electron chi connectivity index (χ0n) is 12.1. The number of hydrogen-bond acceptors (Lipinski definition) is 4. The highest BCUT2D eigenvalue weighted by molar-refractivity contribution is 9.10. The van der Waals surface area contributed by atoms with E-state index in [1.54, 1.807) is 18.3 Å². The Morgan fingerprint density at radius 3 is 2.74 bits per heavy atom. The molecule has 1 heterocycles. The number of amides is 1. The molecule has 0 aliphatic heterocycles. The minimum atomic E-state index is -2.96. The monoisotopic (exact) mass is 386 g/mol. The highest BCUT2D eigenvalue weighted by Crippen LogP contribution is 2.29. The van der Waals surface area contributed by atoms with Crippen LogP contribution in [0.5, 0.6) is 11.5 Å². The number of benzene rings is 1. The third-order valence-electron chi connectivity index (χ3n) is 2.86. The van der Waals surface area contributed by atoms with E-state index in [-0.39, 0.29) is 24.0 Å². The quantitative estimate of drug-likeness (QED) is 0.826. The Hall–Kier alpha value is -2.22. The molecule has 0 unspecified atom stereocenters. The van der Waals surface area contributed by atoms with E-state index in [2.05, 4.69) is 31.0 Å². The Kier molecular flexibility index (Phi) is 5.86. The lowest BCUT2D eigenvalue weighted by Crippen LogP contribution is -2.23. The first-order valence-corrected chi connectivity index (χ1v) is 7.29. The van der Waals surface area contributed by atoms with Gasteiger partial charge in [-0.15, -0.1) is 0 Å². The second-order valence-corrected chi connectivity index (χ2v) is 5.35. The van der Waals surface area contributed by atoms with Gasteiger partial charge >= 0.3 is 6.61 Å². The largest absolute Gasteiger partial charge is 0.493 e. The summed E-state index contributed by atoms with van der Waals surface area (Å²) < 4.78 is 34.8. The van der Waals surface area contributed by atoms with Crippen LogP contribution in [0.2, 0.25) is 0 Å². The summed E-state index contributed by atoms with van der Waals surface area (Å²) in [5, 5.41) is 2.68. The van der Waals surface area contributed by atoms with E-state index in [1.165, 1.54) is 25.4 Å². The van der Waals surface area contributed by atoms with Crippen molar-refractivity contribution >= 4 is 21.8 Å². The van der Waals surface area contributed by atoms with E-state index < -0.39 is 6.61 Å². The number of pyridine rings is 1. The van der Waals surface area contributed by atoms with Crippen LogP contribution >= 0.6 is 15.9 Å². The molecule has 0 fully saturated rings. The number of methoxy groups -OCH3 is 1. The molecule has 1 amide bonds. The van der Waals surface area contributed by atoms with Gasteiger partial charge in [-0.3, -0.25) is 9.78 Å². The third kappa shape index (κ3) is 4.88. The maximum Gasteiger partial charge on any atom is 0.387 e. The number of alkyl halides is 2. The van der Waals surface area contributed by atoms with Crippen LogP contribution in [0.1, 0.15) is 15.9 Å². The number of aromatic nitrogens is 1. The van der Waals surface area contributed by atoms with Gasteiger partial charge in [-0.1, -0.05) is 6.07 Å². The first kappa shape index (κ1) is 17.1. The molecule has 0 bridgehead atoms. The average Bonchev–Trinajstić information content (AvgIpc) is 2.52. The Balaban J connectivity index is 2.06. The van der Waals surface area contributed by atoms with Crippen molar-refractivity contribution in [2.24, 2.45) is 0 Å². The van der Waals surface area contributed by atoms with Crippen LogP contribution in [-0.4, -0.2) is 24.6 Å². The summed E-state index contributed by atoms with van der Waals surface area (Å²) >= 11 is 3.23. The van der Waals surface area contributed by atoms with Gasteiger partial charge in [-0.25, -0.2) is 0 Å². The van der Waals surface area contributed by atoms with Crippen molar-refractivity contribution in [1.29, 1.82) is 0 Å². The molecule has 2 aromatic rings. The fourth-order valence-corrected chi connectivity index (χ4v) is 2.20. The van der Waals surface area contributed by atoms with Gasteiger partial charge in [-0.05, 0) is 39.7 Å². The first-order chi connectivity index (χ1) is 11.0. The van der Waals surface area contributed by atoms with E-state index in [4.69, 9.17) is 4.74 Å². The molecule has 1 aromatic carbocycles. The second kappa shape index (κ2) is 7.87. The number of halogens is 3. The molecule has 0 aliphatic carbocycles. The summed E-state index contributed by atoms with van der Waals surface area (Å²) in [4.78, 5) is 15.9. The summed E-state index contributed by atoms with van der Waals surface area (Å²) in [5.41, 5.74) is 0.981. The molecule has 2 rings (SSSR count). The van der Waals surface area contributed by atoms with Gasteiger partial charge in [0.2, 0.25) is 0 Å². The number of hydrogen-bond donors (Lipinski definition) is 1. The standard InChI is InChI=1S/C15H13BrF2N2O3/c1-22-12-3-2-9(4-13(12)23-15(17)18)6-20-14(21)10-5-11(16)8-19-7-10/h2-5,7-8,15H,6H2,1H3,(H,20,21). The summed E-state index contributed by atoms with van der Waals surface area (Å²) in [7, 11) is 1.36. The van der Waals surface area contributed by atoms with Gasteiger partial charge < -0.3 is 14.8 Å². The maximum absolute atomic E-state index is 12.4. The minimum absolute atomic E-state index is 0.0848. The van der Waals surface area contributed by atoms with Crippen molar-refractivity contribution in [3.05, 3.63) is 52.3 Å². The Morgan fingerprint density at radius 2 is 2.09 bits per heavy atom. The first-order valence-electron chi connectivity index (χ1n) is 6.50. The van der Waals surface area contributed by atoms with Crippen molar-refractivity contribution in [1.82, 2.24) is 10.3 Å². The molecule has 23 heavy (non-hydrogen) atoms. The molecule has 0 radical (unpaired) electrons. The molecular weight excluding hydrogens is 374 g/mol. The molecular formula is C15H13BrF2N2O3. The molecule has 0 spiro atoms. The van der Waals surface area contributed by atoms with Crippen LogP contribution in [0.25, 0.3) is 0 Å². The number of carbonyl (C=O) groups excluding carboxylic acids is 1. The second-order valence-electron chi connectivity index (χ2n) is 4.44. The summed E-state index contributed by atoms with van der Waals surface area (Å²) in [5.74, 6) is -0.221. The van der Waals surface area contributed by atoms with Crippen LogP contribution in [0.4, 0.5) is 8.78 Å². The minimum Gasteiger partial charge on any atom is -0.493 e. The van der Waals surface area contributed by atoms with Gasteiger partial charge in [0.25, 0.3) is 5.91 Å². The number of nitrogens with one attached hydrogen (secondary N) is 1. The normalized spacial score (nSPS) is 10.5. The average molecular weight is 387 g/mol. The van der Waals surface area contributed by atoms with E-state index in [9.17, 15) is 13.6 Å². The van der Waals surface area contributed by atoms with Crippen molar-refractivity contribution in [2.75, 3.05) is 7.11 Å². The predicted molar refractivity (Wildman–Crippen MR) is 82.7 cm³/mol. The number of ether oxygens (including phenoxy) is 2. The third-order valence-corrected chi connectivity index (χ3v) is 3.30. The van der Waals surface area contributed by atoms with Gasteiger partial charge in [0.05, 0.1) is 12.7 Å².